The van der Waals surface area contributed by atoms with Crippen LogP contribution in [0.4, 0.5) is 0 Å². The van der Waals surface area contributed by atoms with Gasteiger partial charge in [0.2, 0.25) is 0 Å². The predicted molar refractivity (Wildman–Crippen MR) is 265 cm³/mol. The zero-order valence-corrected chi connectivity index (χ0v) is 42.2. The predicted octanol–water partition coefficient (Wildman–Crippen LogP) is 15.4. The summed E-state index contributed by atoms with van der Waals surface area (Å²) in [7, 11) is 2.00. The average Bonchev–Trinajstić information content (AvgIpc) is 3.27. The minimum absolute atomic E-state index is 0.0663. The molecule has 0 aromatic rings. The van der Waals surface area contributed by atoms with E-state index in [1.54, 1.807) is 0 Å². The molecule has 0 fully saturated rings. The van der Waals surface area contributed by atoms with Gasteiger partial charge in [0.05, 0.1) is 30.9 Å². The summed E-state index contributed by atoms with van der Waals surface area (Å²) in [5, 5.41) is 6.94. The van der Waals surface area contributed by atoms with Gasteiger partial charge in [-0.25, -0.2) is 0 Å². The highest BCUT2D eigenvalue weighted by molar-refractivity contribution is 5.72. The summed E-state index contributed by atoms with van der Waals surface area (Å²) < 4.78 is 11.8. The lowest BCUT2D eigenvalue weighted by molar-refractivity contribution is -0.150. The van der Waals surface area contributed by atoms with Gasteiger partial charge in [0, 0.05) is 13.6 Å². The van der Waals surface area contributed by atoms with E-state index in [9.17, 15) is 9.59 Å². The summed E-state index contributed by atoms with van der Waals surface area (Å²) in [6, 6.07) is 0. The smallest absolute Gasteiger partial charge is 0.308 e. The van der Waals surface area contributed by atoms with Crippen LogP contribution in [0.25, 0.3) is 0 Å². The van der Waals surface area contributed by atoms with Crippen LogP contribution in [0.15, 0.2) is 11.4 Å². The maximum absolute atomic E-state index is 13.1. The topological polar surface area (TPSA) is 79.9 Å². The van der Waals surface area contributed by atoms with E-state index < -0.39 is 0 Å². The van der Waals surface area contributed by atoms with E-state index in [0.29, 0.717) is 13.2 Å². The molecule has 0 aliphatic carbocycles. The molecular weight excluding hydrogens is 755 g/mol. The Kier molecular flexibility index (Phi) is 44.9. The van der Waals surface area contributed by atoms with Gasteiger partial charge in [-0.3, -0.25) is 9.59 Å². The molecule has 0 spiro atoms. The van der Waals surface area contributed by atoms with Crippen molar-refractivity contribution in [3.05, 3.63) is 11.4 Å². The fourth-order valence-electron chi connectivity index (χ4n) is 8.54. The minimum atomic E-state index is 0.0663. The number of ether oxygens (including phenoxy) is 2. The Balaban J connectivity index is 4.78. The molecular formula is C54H107N3O4. The van der Waals surface area contributed by atoms with Gasteiger partial charge in [0.15, 0.2) is 0 Å². The van der Waals surface area contributed by atoms with Crippen molar-refractivity contribution >= 4 is 11.9 Å². The van der Waals surface area contributed by atoms with E-state index in [4.69, 9.17) is 9.47 Å². The van der Waals surface area contributed by atoms with Gasteiger partial charge in [0.1, 0.15) is 0 Å². The van der Waals surface area contributed by atoms with Gasteiger partial charge in [-0.15, -0.1) is 0 Å². The number of rotatable bonds is 48. The third-order valence-corrected chi connectivity index (χ3v) is 12.9. The summed E-state index contributed by atoms with van der Waals surface area (Å²) in [6.07, 6.45) is 41.4. The molecule has 2 N–H and O–H groups in total. The Labute approximate surface area is 381 Å². The van der Waals surface area contributed by atoms with Crippen LogP contribution in [0.5, 0.6) is 0 Å². The average molecular weight is 862 g/mol. The van der Waals surface area contributed by atoms with Crippen molar-refractivity contribution in [2.45, 2.75) is 266 Å². The van der Waals surface area contributed by atoms with Crippen LogP contribution >= 0.6 is 0 Å². The standard InChI is InChI=1S/C54H107N3O4/c1-8-13-17-21-23-31-41-50(39-29-19-15-10-3)53(58)60-47-37-27-25-34-44-57(46-36-33-43-56-52(55-7)49(6)12-5)45-35-26-28-38-48-61-54(59)51(40-30-20-16-11-4)42-32-24-22-18-14-9-2/h50-51,55-56H,8-48H2,1-7H3/b52-49-. The normalized spacial score (nSPS) is 13.0. The Hall–Kier alpha value is -1.76. The molecule has 0 aliphatic heterocycles. The first-order valence-electron chi connectivity index (χ1n) is 27.0. The first kappa shape index (κ1) is 59.2. The number of nitrogens with zero attached hydrogens (tertiary/aromatic N) is 1. The van der Waals surface area contributed by atoms with E-state index in [2.05, 4.69) is 57.1 Å². The van der Waals surface area contributed by atoms with Crippen LogP contribution in [-0.4, -0.2) is 63.3 Å². The molecule has 0 radical (unpaired) electrons. The first-order chi connectivity index (χ1) is 29.9. The maximum Gasteiger partial charge on any atom is 0.308 e. The third kappa shape index (κ3) is 37.3. The quantitative estimate of drug-likeness (QED) is 0.0466. The van der Waals surface area contributed by atoms with Crippen LogP contribution in [-0.2, 0) is 19.1 Å². The molecule has 7 nitrogen and oxygen atoms in total. The molecule has 0 saturated carbocycles. The Morgan fingerprint density at radius 2 is 0.770 bits per heavy atom. The van der Waals surface area contributed by atoms with E-state index >= 15 is 0 Å². The number of allylic oxidation sites excluding steroid dienone is 1. The molecule has 0 amide bonds. The van der Waals surface area contributed by atoms with Crippen molar-refractivity contribution in [2.75, 3.05) is 46.4 Å². The van der Waals surface area contributed by atoms with Crippen molar-refractivity contribution in [1.82, 2.24) is 15.5 Å². The third-order valence-electron chi connectivity index (χ3n) is 12.9. The number of nitrogens with one attached hydrogen (secondary N) is 2. The van der Waals surface area contributed by atoms with Crippen molar-refractivity contribution in [2.24, 2.45) is 11.8 Å². The zero-order chi connectivity index (χ0) is 44.9. The Morgan fingerprint density at radius 1 is 0.443 bits per heavy atom. The number of carbonyl (C=O) groups is 2. The monoisotopic (exact) mass is 862 g/mol. The van der Waals surface area contributed by atoms with E-state index in [1.807, 2.05) is 7.05 Å². The van der Waals surface area contributed by atoms with Gasteiger partial charge in [-0.2, -0.15) is 0 Å². The van der Waals surface area contributed by atoms with Crippen molar-refractivity contribution < 1.29 is 19.1 Å². The van der Waals surface area contributed by atoms with Crippen LogP contribution in [0.3, 0.4) is 0 Å². The SMILES string of the molecule is CCCCCCCCC(CCCCCC)C(=O)OCCCCCCN(CCCCCCOC(=O)C(CCCCCC)CCCCCCCC)CCCCN/C(NC)=C(/C)CC. The molecule has 61 heavy (non-hydrogen) atoms. The molecule has 0 aliphatic rings. The van der Waals surface area contributed by atoms with Crippen LogP contribution in [0.2, 0.25) is 0 Å². The fraction of sp³-hybridized carbons (Fsp3) is 0.926. The molecule has 362 valence electrons. The van der Waals surface area contributed by atoms with Crippen LogP contribution < -0.4 is 10.6 Å². The van der Waals surface area contributed by atoms with E-state index in [0.717, 1.165) is 116 Å². The fourth-order valence-corrected chi connectivity index (χ4v) is 8.54. The number of hydrogen-bond donors (Lipinski definition) is 2. The maximum atomic E-state index is 13.1. The minimum Gasteiger partial charge on any atom is -0.465 e. The molecule has 2 atom stereocenters. The van der Waals surface area contributed by atoms with E-state index in [1.165, 1.54) is 146 Å². The second kappa shape index (κ2) is 46.2. The summed E-state index contributed by atoms with van der Waals surface area (Å²) >= 11 is 0. The highest BCUT2D eigenvalue weighted by atomic mass is 16.5. The summed E-state index contributed by atoms with van der Waals surface area (Å²) in [4.78, 5) is 28.9. The number of carbonyl (C=O) groups excluding carboxylic acids is 2. The lowest BCUT2D eigenvalue weighted by atomic mass is 9.94. The lowest BCUT2D eigenvalue weighted by Crippen LogP contribution is -2.29. The summed E-state index contributed by atoms with van der Waals surface area (Å²) in [5.41, 5.74) is 1.37. The van der Waals surface area contributed by atoms with Gasteiger partial charge in [-0.05, 0) is 103 Å². The molecule has 2 unspecified atom stereocenters. The highest BCUT2D eigenvalue weighted by Gasteiger charge is 2.20. The van der Waals surface area contributed by atoms with Gasteiger partial charge in [0.25, 0.3) is 0 Å². The van der Waals surface area contributed by atoms with E-state index in [-0.39, 0.29) is 23.8 Å². The second-order valence-corrected chi connectivity index (χ2v) is 18.6. The van der Waals surface area contributed by atoms with Crippen molar-refractivity contribution in [3.8, 4) is 0 Å². The Bertz CT molecular complexity index is 929. The number of hydrogen-bond acceptors (Lipinski definition) is 7. The molecule has 0 aromatic carbocycles. The molecule has 0 heterocycles. The highest BCUT2D eigenvalue weighted by Crippen LogP contribution is 2.22. The molecule has 0 aromatic heterocycles. The number of esters is 2. The van der Waals surface area contributed by atoms with Gasteiger partial charge >= 0.3 is 11.9 Å². The zero-order valence-electron chi connectivity index (χ0n) is 42.2. The summed E-state index contributed by atoms with van der Waals surface area (Å²) in [6.45, 7) is 19.0. The van der Waals surface area contributed by atoms with Gasteiger partial charge in [-0.1, -0.05) is 189 Å². The summed E-state index contributed by atoms with van der Waals surface area (Å²) in [5.74, 6) is 1.50. The Morgan fingerprint density at radius 3 is 1.15 bits per heavy atom. The van der Waals surface area contributed by atoms with Crippen LogP contribution in [0.1, 0.15) is 266 Å². The second-order valence-electron chi connectivity index (χ2n) is 18.6. The molecule has 0 bridgehead atoms. The van der Waals surface area contributed by atoms with Crippen molar-refractivity contribution in [3.63, 3.8) is 0 Å². The number of unbranched alkanes of at least 4 members (excludes halogenated alkanes) is 23. The van der Waals surface area contributed by atoms with Crippen molar-refractivity contribution in [1.29, 1.82) is 0 Å². The lowest BCUT2D eigenvalue weighted by Gasteiger charge is -2.23. The molecule has 0 saturated heterocycles. The largest absolute Gasteiger partial charge is 0.465 e. The first-order valence-corrected chi connectivity index (χ1v) is 27.0. The molecule has 0 rings (SSSR count). The van der Waals surface area contributed by atoms with Crippen LogP contribution in [0, 0.1) is 11.8 Å². The molecule has 7 heteroatoms. The van der Waals surface area contributed by atoms with Gasteiger partial charge < -0.3 is 25.0 Å².